The van der Waals surface area contributed by atoms with Crippen molar-refractivity contribution in [3.63, 3.8) is 0 Å². The average Bonchev–Trinajstić information content (AvgIpc) is 2.82. The number of amides is 2. The molecule has 1 fully saturated rings. The standard InChI is InChI=1S/C17H24N2O4S/c1-12-7-13(2)9-16(8-12)19(14(3)20)10-17(21)18(4)15-5-6-24(22,23)11-15/h7-9,15H,5-6,10-11H2,1-4H3. The van der Waals surface area contributed by atoms with Crippen molar-refractivity contribution in [2.45, 2.75) is 33.2 Å². The van der Waals surface area contributed by atoms with Crippen LogP contribution in [0.25, 0.3) is 0 Å². The minimum absolute atomic E-state index is 0.00113. The molecule has 1 aliphatic rings. The van der Waals surface area contributed by atoms with Gasteiger partial charge in [-0.2, -0.15) is 0 Å². The van der Waals surface area contributed by atoms with Gasteiger partial charge >= 0.3 is 0 Å². The predicted octanol–water partition coefficient (Wildman–Crippen LogP) is 1.30. The van der Waals surface area contributed by atoms with Crippen molar-refractivity contribution < 1.29 is 18.0 Å². The maximum atomic E-state index is 12.5. The monoisotopic (exact) mass is 352 g/mol. The van der Waals surface area contributed by atoms with E-state index in [0.29, 0.717) is 12.1 Å². The smallest absolute Gasteiger partial charge is 0.242 e. The van der Waals surface area contributed by atoms with Crippen molar-refractivity contribution in [1.82, 2.24) is 4.90 Å². The SMILES string of the molecule is CC(=O)N(CC(=O)N(C)C1CCS(=O)(=O)C1)c1cc(C)cc(C)c1. The number of nitrogens with zero attached hydrogens (tertiary/aromatic N) is 2. The second kappa shape index (κ2) is 6.93. The van der Waals surface area contributed by atoms with E-state index >= 15 is 0 Å². The molecule has 0 spiro atoms. The molecule has 2 amide bonds. The Bertz CT molecular complexity index is 738. The molecule has 1 saturated heterocycles. The van der Waals surface area contributed by atoms with E-state index in [2.05, 4.69) is 0 Å². The second-order valence-corrected chi connectivity index (χ2v) is 8.74. The van der Waals surface area contributed by atoms with E-state index in [4.69, 9.17) is 0 Å². The van der Waals surface area contributed by atoms with Crippen LogP contribution in [-0.2, 0) is 19.4 Å². The highest BCUT2D eigenvalue weighted by molar-refractivity contribution is 7.91. The van der Waals surface area contributed by atoms with Gasteiger partial charge in [0.15, 0.2) is 9.84 Å². The molecule has 7 heteroatoms. The lowest BCUT2D eigenvalue weighted by atomic mass is 10.1. The molecule has 6 nitrogen and oxygen atoms in total. The highest BCUT2D eigenvalue weighted by Gasteiger charge is 2.33. The topological polar surface area (TPSA) is 74.8 Å². The molecule has 1 aromatic rings. The summed E-state index contributed by atoms with van der Waals surface area (Å²) in [7, 11) is -1.45. The molecule has 1 unspecified atom stereocenters. The Labute approximate surface area is 143 Å². The van der Waals surface area contributed by atoms with Gasteiger partial charge in [-0.3, -0.25) is 9.59 Å². The lowest BCUT2D eigenvalue weighted by molar-refractivity contribution is -0.131. The molecule has 0 bridgehead atoms. The van der Waals surface area contributed by atoms with Crippen molar-refractivity contribution in [3.05, 3.63) is 29.3 Å². The first-order valence-corrected chi connectivity index (χ1v) is 9.73. The number of anilines is 1. The van der Waals surface area contributed by atoms with Crippen molar-refractivity contribution in [3.8, 4) is 0 Å². The fourth-order valence-electron chi connectivity index (χ4n) is 3.02. The molecule has 132 valence electrons. The summed E-state index contributed by atoms with van der Waals surface area (Å²) < 4.78 is 23.2. The first-order valence-electron chi connectivity index (χ1n) is 7.91. The van der Waals surface area contributed by atoms with E-state index in [-0.39, 0.29) is 35.9 Å². The van der Waals surface area contributed by atoms with Crippen LogP contribution in [0.3, 0.4) is 0 Å². The van der Waals surface area contributed by atoms with Crippen molar-refractivity contribution in [1.29, 1.82) is 0 Å². The van der Waals surface area contributed by atoms with E-state index in [1.165, 1.54) is 16.7 Å². The van der Waals surface area contributed by atoms with Crippen LogP contribution in [0.15, 0.2) is 18.2 Å². The maximum absolute atomic E-state index is 12.5. The number of benzene rings is 1. The zero-order valence-corrected chi connectivity index (χ0v) is 15.4. The molecular formula is C17H24N2O4S. The number of carbonyl (C=O) groups is 2. The Balaban J connectivity index is 2.15. The summed E-state index contributed by atoms with van der Waals surface area (Å²) >= 11 is 0. The molecule has 1 aromatic carbocycles. The molecule has 0 saturated carbocycles. The number of likely N-dealkylation sites (N-methyl/N-ethyl adjacent to an activating group) is 1. The summed E-state index contributed by atoms with van der Waals surface area (Å²) in [5.74, 6) is -0.367. The molecular weight excluding hydrogens is 328 g/mol. The van der Waals surface area contributed by atoms with Crippen LogP contribution >= 0.6 is 0 Å². The average molecular weight is 352 g/mol. The van der Waals surface area contributed by atoms with Crippen LogP contribution in [0.5, 0.6) is 0 Å². The third-order valence-electron chi connectivity index (χ3n) is 4.34. The Kier molecular flexibility index (Phi) is 5.32. The summed E-state index contributed by atoms with van der Waals surface area (Å²) in [6.07, 6.45) is 0.453. The van der Waals surface area contributed by atoms with E-state index in [1.54, 1.807) is 7.05 Å². The maximum Gasteiger partial charge on any atom is 0.242 e. The molecule has 0 N–H and O–H groups in total. The summed E-state index contributed by atoms with van der Waals surface area (Å²) in [6.45, 7) is 5.20. The number of hydrogen-bond acceptors (Lipinski definition) is 4. The summed E-state index contributed by atoms with van der Waals surface area (Å²) in [6, 6.07) is 5.42. The van der Waals surface area contributed by atoms with E-state index < -0.39 is 9.84 Å². The zero-order chi connectivity index (χ0) is 18.1. The molecule has 1 heterocycles. The largest absolute Gasteiger partial charge is 0.340 e. The quantitative estimate of drug-likeness (QED) is 0.819. The van der Waals surface area contributed by atoms with Gasteiger partial charge in [0.25, 0.3) is 0 Å². The molecule has 24 heavy (non-hydrogen) atoms. The molecule has 1 aliphatic heterocycles. The Morgan fingerprint density at radius 1 is 1.17 bits per heavy atom. The Morgan fingerprint density at radius 3 is 2.21 bits per heavy atom. The van der Waals surface area contributed by atoms with Gasteiger partial charge in [-0.1, -0.05) is 6.07 Å². The van der Waals surface area contributed by atoms with Gasteiger partial charge in [0.2, 0.25) is 11.8 Å². The van der Waals surface area contributed by atoms with Gasteiger partial charge in [-0.15, -0.1) is 0 Å². The lowest BCUT2D eigenvalue weighted by Crippen LogP contribution is -2.45. The summed E-state index contributed by atoms with van der Waals surface area (Å²) in [4.78, 5) is 27.4. The third kappa shape index (κ3) is 4.35. The lowest BCUT2D eigenvalue weighted by Gasteiger charge is -2.28. The second-order valence-electron chi connectivity index (χ2n) is 6.51. The van der Waals surface area contributed by atoms with Gasteiger partial charge in [-0.25, -0.2) is 8.42 Å². The first-order chi connectivity index (χ1) is 11.1. The van der Waals surface area contributed by atoms with Crippen LogP contribution in [0.1, 0.15) is 24.5 Å². The van der Waals surface area contributed by atoms with Crippen LogP contribution in [0.4, 0.5) is 5.69 Å². The van der Waals surface area contributed by atoms with E-state index in [9.17, 15) is 18.0 Å². The van der Waals surface area contributed by atoms with Gasteiger partial charge in [0.1, 0.15) is 6.54 Å². The Hall–Kier alpha value is -1.89. The van der Waals surface area contributed by atoms with Crippen LogP contribution < -0.4 is 4.90 Å². The number of rotatable bonds is 4. The fourth-order valence-corrected chi connectivity index (χ4v) is 4.80. The molecule has 0 aliphatic carbocycles. The third-order valence-corrected chi connectivity index (χ3v) is 6.09. The summed E-state index contributed by atoms with van der Waals surface area (Å²) in [5, 5.41) is 0. The first kappa shape index (κ1) is 18.4. The fraction of sp³-hybridized carbons (Fsp3) is 0.529. The molecule has 0 radical (unpaired) electrons. The van der Waals surface area contributed by atoms with E-state index in [1.807, 2.05) is 32.0 Å². The number of aryl methyl sites for hydroxylation is 2. The molecule has 1 atom stereocenters. The van der Waals surface area contributed by atoms with Gasteiger partial charge in [0.05, 0.1) is 11.5 Å². The summed E-state index contributed by atoms with van der Waals surface area (Å²) in [5.41, 5.74) is 2.71. The highest BCUT2D eigenvalue weighted by Crippen LogP contribution is 2.21. The van der Waals surface area contributed by atoms with Gasteiger partial charge in [-0.05, 0) is 43.5 Å². The van der Waals surface area contributed by atoms with Gasteiger partial charge in [0, 0.05) is 25.7 Å². The number of hydrogen-bond donors (Lipinski definition) is 0. The van der Waals surface area contributed by atoms with Crippen molar-refractivity contribution in [2.75, 3.05) is 30.0 Å². The minimum atomic E-state index is -3.06. The molecule has 0 aromatic heterocycles. The zero-order valence-electron chi connectivity index (χ0n) is 14.6. The van der Waals surface area contributed by atoms with Crippen molar-refractivity contribution >= 4 is 27.3 Å². The van der Waals surface area contributed by atoms with Crippen LogP contribution in [-0.4, -0.2) is 56.3 Å². The Morgan fingerprint density at radius 2 is 1.75 bits per heavy atom. The molecule has 2 rings (SSSR count). The normalized spacial score (nSPS) is 19.1. The van der Waals surface area contributed by atoms with Crippen LogP contribution in [0.2, 0.25) is 0 Å². The minimum Gasteiger partial charge on any atom is -0.340 e. The van der Waals surface area contributed by atoms with Gasteiger partial charge < -0.3 is 9.80 Å². The number of sulfone groups is 1. The predicted molar refractivity (Wildman–Crippen MR) is 93.8 cm³/mol. The van der Waals surface area contributed by atoms with Crippen molar-refractivity contribution in [2.24, 2.45) is 0 Å². The number of carbonyl (C=O) groups excluding carboxylic acids is 2. The highest BCUT2D eigenvalue weighted by atomic mass is 32.2. The van der Waals surface area contributed by atoms with E-state index in [0.717, 1.165) is 11.1 Å². The van der Waals surface area contributed by atoms with Crippen LogP contribution in [0, 0.1) is 13.8 Å².